The molecule has 4 heteroatoms. The topological polar surface area (TPSA) is 47.0 Å². The van der Waals surface area contributed by atoms with Crippen molar-refractivity contribution in [2.75, 3.05) is 20.3 Å². The van der Waals surface area contributed by atoms with Crippen molar-refractivity contribution in [3.05, 3.63) is 24.3 Å². The minimum atomic E-state index is 0.321. The maximum atomic E-state index is 5.12. The van der Waals surface area contributed by atoms with Gasteiger partial charge in [0.05, 0.1) is 12.3 Å². The van der Waals surface area contributed by atoms with Crippen LogP contribution in [0.5, 0.6) is 0 Å². The van der Waals surface area contributed by atoms with E-state index in [1.54, 1.807) is 25.7 Å². The van der Waals surface area contributed by atoms with E-state index in [9.17, 15) is 0 Å². The average Bonchev–Trinajstić information content (AvgIpc) is 2.20. The van der Waals surface area contributed by atoms with E-state index >= 15 is 0 Å². The lowest BCUT2D eigenvalue weighted by atomic mass is 10.2. The summed E-state index contributed by atoms with van der Waals surface area (Å²) in [6, 6.07) is 0.321. The van der Waals surface area contributed by atoms with E-state index in [-0.39, 0.29) is 0 Å². The third-order valence-electron chi connectivity index (χ3n) is 1.93. The van der Waals surface area contributed by atoms with E-state index < -0.39 is 0 Å². The zero-order valence-electron chi connectivity index (χ0n) is 8.73. The van der Waals surface area contributed by atoms with Crippen LogP contribution in [0.4, 0.5) is 0 Å². The lowest BCUT2D eigenvalue weighted by Gasteiger charge is -2.15. The molecule has 0 aliphatic rings. The Morgan fingerprint density at radius 3 is 2.93 bits per heavy atom. The molecule has 1 rings (SSSR count). The molecule has 1 N–H and O–H groups in total. The molecule has 1 unspecified atom stereocenters. The van der Waals surface area contributed by atoms with E-state index in [0.717, 1.165) is 18.7 Å². The molecule has 0 saturated heterocycles. The summed E-state index contributed by atoms with van der Waals surface area (Å²) in [6.07, 6.45) is 6.04. The third kappa shape index (κ3) is 3.81. The van der Waals surface area contributed by atoms with E-state index in [0.29, 0.717) is 12.6 Å². The van der Waals surface area contributed by atoms with Gasteiger partial charge in [-0.05, 0) is 6.54 Å². The molecule has 0 spiro atoms. The first-order valence-electron chi connectivity index (χ1n) is 4.84. The molecule has 1 atom stereocenters. The molecule has 0 aliphatic carbocycles. The van der Waals surface area contributed by atoms with Gasteiger partial charge in [-0.3, -0.25) is 9.97 Å². The summed E-state index contributed by atoms with van der Waals surface area (Å²) in [5.41, 5.74) is 0.996. The fourth-order valence-corrected chi connectivity index (χ4v) is 1.37. The molecular weight excluding hydrogens is 178 g/mol. The lowest BCUT2D eigenvalue weighted by molar-refractivity contribution is 0.166. The Morgan fingerprint density at radius 1 is 1.50 bits per heavy atom. The van der Waals surface area contributed by atoms with Gasteiger partial charge in [-0.1, -0.05) is 6.92 Å². The van der Waals surface area contributed by atoms with Gasteiger partial charge in [0, 0.05) is 38.2 Å². The molecule has 1 heterocycles. The van der Waals surface area contributed by atoms with Gasteiger partial charge in [-0.25, -0.2) is 0 Å². The highest BCUT2D eigenvalue weighted by Crippen LogP contribution is 1.97. The standard InChI is InChI=1S/C10H17N3O/c1-3-12-10(8-14-2)6-9-7-11-4-5-13-9/h4-5,7,10,12H,3,6,8H2,1-2H3. The Bertz CT molecular complexity index is 234. The largest absolute Gasteiger partial charge is 0.383 e. The molecule has 14 heavy (non-hydrogen) atoms. The number of hydrogen-bond donors (Lipinski definition) is 1. The fraction of sp³-hybridized carbons (Fsp3) is 0.600. The number of rotatable bonds is 6. The molecule has 1 aromatic rings. The van der Waals surface area contributed by atoms with Crippen molar-refractivity contribution in [1.82, 2.24) is 15.3 Å². The predicted molar refractivity (Wildman–Crippen MR) is 55.1 cm³/mol. The van der Waals surface area contributed by atoms with Crippen LogP contribution in [0.3, 0.4) is 0 Å². The Balaban J connectivity index is 2.46. The summed E-state index contributed by atoms with van der Waals surface area (Å²) in [7, 11) is 1.71. The van der Waals surface area contributed by atoms with E-state index in [2.05, 4.69) is 22.2 Å². The summed E-state index contributed by atoms with van der Waals surface area (Å²) < 4.78 is 5.12. The van der Waals surface area contributed by atoms with Crippen LogP contribution < -0.4 is 5.32 Å². The number of nitrogens with zero attached hydrogens (tertiary/aromatic N) is 2. The normalized spacial score (nSPS) is 12.7. The molecule has 1 aromatic heterocycles. The van der Waals surface area contributed by atoms with Crippen molar-refractivity contribution >= 4 is 0 Å². The minimum absolute atomic E-state index is 0.321. The molecule has 0 amide bonds. The minimum Gasteiger partial charge on any atom is -0.383 e. The van der Waals surface area contributed by atoms with Gasteiger partial charge in [0.2, 0.25) is 0 Å². The maximum absolute atomic E-state index is 5.12. The molecule has 78 valence electrons. The van der Waals surface area contributed by atoms with Crippen LogP contribution in [0.2, 0.25) is 0 Å². The number of methoxy groups -OCH3 is 1. The van der Waals surface area contributed by atoms with Crippen LogP contribution in [0.1, 0.15) is 12.6 Å². The van der Waals surface area contributed by atoms with E-state index in [1.165, 1.54) is 0 Å². The summed E-state index contributed by atoms with van der Waals surface area (Å²) in [6.45, 7) is 3.72. The number of aromatic nitrogens is 2. The summed E-state index contributed by atoms with van der Waals surface area (Å²) in [5, 5.41) is 3.34. The van der Waals surface area contributed by atoms with Gasteiger partial charge in [-0.2, -0.15) is 0 Å². The Morgan fingerprint density at radius 2 is 2.36 bits per heavy atom. The highest BCUT2D eigenvalue weighted by atomic mass is 16.5. The Kier molecular flexibility index (Phi) is 5.11. The van der Waals surface area contributed by atoms with Gasteiger partial charge in [-0.15, -0.1) is 0 Å². The van der Waals surface area contributed by atoms with Crippen LogP contribution in [0.25, 0.3) is 0 Å². The zero-order valence-corrected chi connectivity index (χ0v) is 8.73. The second kappa shape index (κ2) is 6.45. The smallest absolute Gasteiger partial charge is 0.0619 e. The van der Waals surface area contributed by atoms with Crippen LogP contribution in [-0.2, 0) is 11.2 Å². The van der Waals surface area contributed by atoms with E-state index in [1.807, 2.05) is 0 Å². The van der Waals surface area contributed by atoms with Crippen molar-refractivity contribution < 1.29 is 4.74 Å². The molecule has 0 fully saturated rings. The van der Waals surface area contributed by atoms with E-state index in [4.69, 9.17) is 4.74 Å². The van der Waals surface area contributed by atoms with Crippen LogP contribution >= 0.6 is 0 Å². The zero-order chi connectivity index (χ0) is 10.2. The van der Waals surface area contributed by atoms with Gasteiger partial charge >= 0.3 is 0 Å². The highest BCUT2D eigenvalue weighted by molar-refractivity contribution is 4.97. The molecular formula is C10H17N3O. The fourth-order valence-electron chi connectivity index (χ4n) is 1.37. The monoisotopic (exact) mass is 195 g/mol. The molecule has 0 aliphatic heterocycles. The van der Waals surface area contributed by atoms with Crippen molar-refractivity contribution in [3.63, 3.8) is 0 Å². The molecule has 0 bridgehead atoms. The van der Waals surface area contributed by atoms with Crippen LogP contribution in [-0.4, -0.2) is 36.3 Å². The van der Waals surface area contributed by atoms with Crippen LogP contribution in [0, 0.1) is 0 Å². The van der Waals surface area contributed by atoms with Crippen molar-refractivity contribution in [2.45, 2.75) is 19.4 Å². The lowest BCUT2D eigenvalue weighted by Crippen LogP contribution is -2.35. The number of hydrogen-bond acceptors (Lipinski definition) is 4. The number of ether oxygens (including phenoxy) is 1. The summed E-state index contributed by atoms with van der Waals surface area (Å²) >= 11 is 0. The Labute approximate surface area is 84.7 Å². The second-order valence-electron chi connectivity index (χ2n) is 3.11. The Hall–Kier alpha value is -1.00. The van der Waals surface area contributed by atoms with Gasteiger partial charge in [0.15, 0.2) is 0 Å². The van der Waals surface area contributed by atoms with Crippen molar-refractivity contribution in [3.8, 4) is 0 Å². The number of likely N-dealkylation sites (N-methyl/N-ethyl adjacent to an activating group) is 1. The quantitative estimate of drug-likeness (QED) is 0.723. The summed E-state index contributed by atoms with van der Waals surface area (Å²) in [4.78, 5) is 8.25. The summed E-state index contributed by atoms with van der Waals surface area (Å²) in [5.74, 6) is 0. The molecule has 0 aromatic carbocycles. The first-order valence-corrected chi connectivity index (χ1v) is 4.84. The predicted octanol–water partition coefficient (Wildman–Crippen LogP) is 0.644. The third-order valence-corrected chi connectivity index (χ3v) is 1.93. The number of nitrogens with one attached hydrogen (secondary N) is 1. The first kappa shape index (κ1) is 11.1. The van der Waals surface area contributed by atoms with Crippen molar-refractivity contribution in [2.24, 2.45) is 0 Å². The molecule has 4 nitrogen and oxygen atoms in total. The average molecular weight is 195 g/mol. The second-order valence-corrected chi connectivity index (χ2v) is 3.11. The SMILES string of the molecule is CCNC(COC)Cc1cnccn1. The van der Waals surface area contributed by atoms with Gasteiger partial charge in [0.25, 0.3) is 0 Å². The maximum Gasteiger partial charge on any atom is 0.0619 e. The van der Waals surface area contributed by atoms with Crippen LogP contribution in [0.15, 0.2) is 18.6 Å². The highest BCUT2D eigenvalue weighted by Gasteiger charge is 2.08. The first-order chi connectivity index (χ1) is 6.86. The van der Waals surface area contributed by atoms with Crippen molar-refractivity contribution in [1.29, 1.82) is 0 Å². The van der Waals surface area contributed by atoms with Gasteiger partial charge < -0.3 is 10.1 Å². The van der Waals surface area contributed by atoms with Gasteiger partial charge in [0.1, 0.15) is 0 Å². The molecule has 0 radical (unpaired) electrons. The molecule has 0 saturated carbocycles.